The van der Waals surface area contributed by atoms with E-state index in [2.05, 4.69) is 11.9 Å². The molecule has 1 aromatic heterocycles. The third-order valence-electron chi connectivity index (χ3n) is 3.08. The molecule has 2 rings (SSSR count). The van der Waals surface area contributed by atoms with E-state index in [0.29, 0.717) is 17.5 Å². The highest BCUT2D eigenvalue weighted by atomic mass is 16.6. The first-order chi connectivity index (χ1) is 9.26. The SMILES string of the molecule is CCCCCOc1nc2cccc(CC)c2c(=O)o1. The van der Waals surface area contributed by atoms with Crippen molar-refractivity contribution in [3.63, 3.8) is 0 Å². The molecule has 0 saturated heterocycles. The highest BCUT2D eigenvalue weighted by Gasteiger charge is 2.10. The minimum atomic E-state index is -0.368. The van der Waals surface area contributed by atoms with Crippen molar-refractivity contribution in [1.29, 1.82) is 0 Å². The Morgan fingerprint density at radius 2 is 2.11 bits per heavy atom. The third-order valence-corrected chi connectivity index (χ3v) is 3.08. The molecule has 0 unspecified atom stereocenters. The van der Waals surface area contributed by atoms with Gasteiger partial charge in [0.1, 0.15) is 0 Å². The van der Waals surface area contributed by atoms with Gasteiger partial charge in [-0.15, -0.1) is 0 Å². The zero-order valence-electron chi connectivity index (χ0n) is 11.4. The Morgan fingerprint density at radius 3 is 2.84 bits per heavy atom. The predicted molar refractivity (Wildman–Crippen MR) is 74.7 cm³/mol. The standard InChI is InChI=1S/C15H19NO3/c1-3-5-6-10-18-15-16-12-9-7-8-11(4-2)13(12)14(17)19-15/h7-9H,3-6,10H2,1-2H3. The lowest BCUT2D eigenvalue weighted by Crippen LogP contribution is -2.08. The molecule has 0 aliphatic heterocycles. The van der Waals surface area contributed by atoms with E-state index in [1.165, 1.54) is 0 Å². The molecule has 1 aromatic carbocycles. The second-order valence-corrected chi connectivity index (χ2v) is 4.49. The molecular weight excluding hydrogens is 242 g/mol. The van der Waals surface area contributed by atoms with Crippen LogP contribution < -0.4 is 10.4 Å². The van der Waals surface area contributed by atoms with Crippen LogP contribution in [0.1, 0.15) is 38.7 Å². The molecule has 0 aliphatic rings. The van der Waals surface area contributed by atoms with E-state index in [1.807, 2.05) is 25.1 Å². The smallest absolute Gasteiger partial charge is 0.397 e. The van der Waals surface area contributed by atoms with Crippen LogP contribution in [0.4, 0.5) is 0 Å². The number of aryl methyl sites for hydroxylation is 1. The van der Waals surface area contributed by atoms with Crippen LogP contribution in [0.3, 0.4) is 0 Å². The van der Waals surface area contributed by atoms with Crippen molar-refractivity contribution < 1.29 is 9.15 Å². The molecule has 2 aromatic rings. The fourth-order valence-corrected chi connectivity index (χ4v) is 2.03. The number of aromatic nitrogens is 1. The zero-order valence-corrected chi connectivity index (χ0v) is 11.4. The lowest BCUT2D eigenvalue weighted by Gasteiger charge is -2.05. The largest absolute Gasteiger partial charge is 0.450 e. The highest BCUT2D eigenvalue weighted by Crippen LogP contribution is 2.17. The van der Waals surface area contributed by atoms with Crippen LogP contribution in [-0.4, -0.2) is 11.6 Å². The quantitative estimate of drug-likeness (QED) is 0.748. The van der Waals surface area contributed by atoms with E-state index in [4.69, 9.17) is 9.15 Å². The third kappa shape index (κ3) is 3.13. The summed E-state index contributed by atoms with van der Waals surface area (Å²) in [4.78, 5) is 16.2. The first kappa shape index (κ1) is 13.6. The first-order valence-corrected chi connectivity index (χ1v) is 6.81. The topological polar surface area (TPSA) is 52.3 Å². The summed E-state index contributed by atoms with van der Waals surface area (Å²) in [6.07, 6.45) is 4.01. The van der Waals surface area contributed by atoms with Crippen LogP contribution in [0, 0.1) is 0 Å². The van der Waals surface area contributed by atoms with E-state index in [9.17, 15) is 4.79 Å². The maximum Gasteiger partial charge on any atom is 0.397 e. The van der Waals surface area contributed by atoms with Crippen molar-refractivity contribution in [2.45, 2.75) is 39.5 Å². The maximum atomic E-state index is 12.0. The van der Waals surface area contributed by atoms with E-state index in [-0.39, 0.29) is 11.7 Å². The van der Waals surface area contributed by atoms with Gasteiger partial charge in [-0.25, -0.2) is 4.79 Å². The molecule has 0 bridgehead atoms. The number of fused-ring (bicyclic) bond motifs is 1. The van der Waals surface area contributed by atoms with Crippen LogP contribution in [-0.2, 0) is 6.42 Å². The summed E-state index contributed by atoms with van der Waals surface area (Å²) in [5.41, 5.74) is 1.23. The Morgan fingerprint density at radius 1 is 1.26 bits per heavy atom. The number of benzene rings is 1. The fourth-order valence-electron chi connectivity index (χ4n) is 2.03. The van der Waals surface area contributed by atoms with Gasteiger partial charge in [0.05, 0.1) is 17.5 Å². The van der Waals surface area contributed by atoms with E-state index >= 15 is 0 Å². The summed E-state index contributed by atoms with van der Waals surface area (Å²) in [7, 11) is 0. The summed E-state index contributed by atoms with van der Waals surface area (Å²) < 4.78 is 10.5. The summed E-state index contributed by atoms with van der Waals surface area (Å²) >= 11 is 0. The lowest BCUT2D eigenvalue weighted by atomic mass is 10.1. The van der Waals surface area contributed by atoms with Gasteiger partial charge in [0, 0.05) is 0 Å². The molecule has 1 heterocycles. The maximum absolute atomic E-state index is 12.0. The molecule has 0 radical (unpaired) electrons. The molecule has 19 heavy (non-hydrogen) atoms. The van der Waals surface area contributed by atoms with Crippen LogP contribution in [0.15, 0.2) is 27.4 Å². The summed E-state index contributed by atoms with van der Waals surface area (Å²) in [5, 5.41) is 0.561. The van der Waals surface area contributed by atoms with Gasteiger partial charge in [-0.05, 0) is 24.5 Å². The minimum absolute atomic E-state index is 0.0712. The van der Waals surface area contributed by atoms with Crippen LogP contribution in [0.25, 0.3) is 10.9 Å². The Balaban J connectivity index is 2.27. The monoisotopic (exact) mass is 261 g/mol. The van der Waals surface area contributed by atoms with Gasteiger partial charge in [-0.3, -0.25) is 0 Å². The molecule has 0 amide bonds. The predicted octanol–water partition coefficient (Wildman–Crippen LogP) is 3.32. The van der Waals surface area contributed by atoms with E-state index < -0.39 is 0 Å². The Kier molecular flexibility index (Phi) is 4.55. The Hall–Kier alpha value is -1.84. The normalized spacial score (nSPS) is 10.8. The van der Waals surface area contributed by atoms with Crippen molar-refractivity contribution in [2.24, 2.45) is 0 Å². The number of nitrogens with zero attached hydrogens (tertiary/aromatic N) is 1. The summed E-state index contributed by atoms with van der Waals surface area (Å²) in [5.74, 6) is 0. The molecular formula is C15H19NO3. The fraction of sp³-hybridized carbons (Fsp3) is 0.467. The van der Waals surface area contributed by atoms with E-state index in [0.717, 1.165) is 31.2 Å². The number of hydrogen-bond acceptors (Lipinski definition) is 4. The number of ether oxygens (including phenoxy) is 1. The second kappa shape index (κ2) is 6.36. The Labute approximate surface area is 112 Å². The van der Waals surface area contributed by atoms with Gasteiger partial charge in [0.2, 0.25) is 0 Å². The van der Waals surface area contributed by atoms with Gasteiger partial charge in [0.15, 0.2) is 0 Å². The van der Waals surface area contributed by atoms with E-state index in [1.54, 1.807) is 0 Å². The van der Waals surface area contributed by atoms with Crippen molar-refractivity contribution >= 4 is 10.9 Å². The Bertz CT molecular complexity index is 604. The van der Waals surface area contributed by atoms with Crippen molar-refractivity contribution in [3.05, 3.63) is 34.2 Å². The number of unbranched alkanes of at least 4 members (excludes halogenated alkanes) is 2. The number of rotatable bonds is 6. The zero-order chi connectivity index (χ0) is 13.7. The first-order valence-electron chi connectivity index (χ1n) is 6.81. The molecule has 0 fully saturated rings. The number of hydrogen-bond donors (Lipinski definition) is 0. The van der Waals surface area contributed by atoms with Gasteiger partial charge in [-0.2, -0.15) is 4.98 Å². The molecule has 0 spiro atoms. The van der Waals surface area contributed by atoms with Crippen molar-refractivity contribution in [2.75, 3.05) is 6.61 Å². The molecule has 0 saturated carbocycles. The molecule has 0 N–H and O–H groups in total. The second-order valence-electron chi connectivity index (χ2n) is 4.49. The minimum Gasteiger partial charge on any atom is -0.450 e. The van der Waals surface area contributed by atoms with Crippen molar-refractivity contribution in [1.82, 2.24) is 4.98 Å². The average Bonchev–Trinajstić information content (AvgIpc) is 2.43. The van der Waals surface area contributed by atoms with Gasteiger partial charge >= 0.3 is 11.7 Å². The summed E-state index contributed by atoms with van der Waals surface area (Å²) in [6.45, 7) is 4.66. The van der Waals surface area contributed by atoms with Crippen LogP contribution >= 0.6 is 0 Å². The van der Waals surface area contributed by atoms with Crippen LogP contribution in [0.2, 0.25) is 0 Å². The average molecular weight is 261 g/mol. The lowest BCUT2D eigenvalue weighted by molar-refractivity contribution is 0.212. The highest BCUT2D eigenvalue weighted by molar-refractivity contribution is 5.80. The van der Waals surface area contributed by atoms with Gasteiger partial charge < -0.3 is 9.15 Å². The summed E-state index contributed by atoms with van der Waals surface area (Å²) in [6, 6.07) is 5.63. The molecule has 4 nitrogen and oxygen atoms in total. The van der Waals surface area contributed by atoms with Gasteiger partial charge in [-0.1, -0.05) is 38.8 Å². The van der Waals surface area contributed by atoms with Crippen molar-refractivity contribution in [3.8, 4) is 6.08 Å². The molecule has 102 valence electrons. The molecule has 0 atom stereocenters. The van der Waals surface area contributed by atoms with Gasteiger partial charge in [0.25, 0.3) is 0 Å². The molecule has 4 heteroatoms. The molecule has 0 aliphatic carbocycles. The van der Waals surface area contributed by atoms with Crippen LogP contribution in [0.5, 0.6) is 6.08 Å².